The van der Waals surface area contributed by atoms with Crippen molar-refractivity contribution < 1.29 is 14.3 Å². The number of hydrogen-bond acceptors (Lipinski definition) is 6. The Bertz CT molecular complexity index is 858. The molecule has 0 radical (unpaired) electrons. The van der Waals surface area contributed by atoms with Gasteiger partial charge in [-0.15, -0.1) is 11.3 Å². The minimum atomic E-state index is -1.03. The molecule has 2 rings (SSSR count). The van der Waals surface area contributed by atoms with Gasteiger partial charge in [0, 0.05) is 13.1 Å². The van der Waals surface area contributed by atoms with Gasteiger partial charge in [-0.05, 0) is 25.3 Å². The summed E-state index contributed by atoms with van der Waals surface area (Å²) in [5.74, 6) is -1.03. The first-order chi connectivity index (χ1) is 15.0. The highest BCUT2D eigenvalue weighted by Gasteiger charge is 2.21. The van der Waals surface area contributed by atoms with Crippen LogP contribution in [0.2, 0.25) is 0 Å². The molecule has 0 atom stereocenters. The maximum Gasteiger partial charge on any atom is 0.349 e. The van der Waals surface area contributed by atoms with E-state index < -0.39 is 11.6 Å². The normalized spacial score (nSPS) is 11.3. The minimum absolute atomic E-state index is 0.158. The Morgan fingerprint density at radius 1 is 0.935 bits per heavy atom. The molecule has 0 bridgehead atoms. The van der Waals surface area contributed by atoms with E-state index in [2.05, 4.69) is 23.7 Å². The molecule has 6 nitrogen and oxygen atoms in total. The molecule has 0 aromatic carbocycles. The second kappa shape index (κ2) is 13.5. The molecule has 0 unspecified atom stereocenters. The minimum Gasteiger partial charge on any atom is -0.477 e. The first-order valence-electron chi connectivity index (χ1n) is 11.9. The van der Waals surface area contributed by atoms with E-state index in [1.807, 2.05) is 0 Å². The Labute approximate surface area is 189 Å². The van der Waals surface area contributed by atoms with E-state index in [1.165, 1.54) is 51.4 Å². The SMILES string of the molecule is CCCCCCCCN(CCCCCCCC)c1nc2sc(C(=O)O)c(C)c2c(=O)o1. The molecule has 0 aliphatic heterocycles. The maximum atomic E-state index is 12.6. The van der Waals surface area contributed by atoms with Gasteiger partial charge < -0.3 is 14.4 Å². The van der Waals surface area contributed by atoms with Crippen molar-refractivity contribution in [2.45, 2.75) is 97.8 Å². The number of unbranched alkanes of at least 4 members (excludes halogenated alkanes) is 10. The van der Waals surface area contributed by atoms with Gasteiger partial charge in [-0.2, -0.15) is 4.98 Å². The summed E-state index contributed by atoms with van der Waals surface area (Å²) < 4.78 is 5.59. The fourth-order valence-electron chi connectivity index (χ4n) is 3.87. The smallest absolute Gasteiger partial charge is 0.349 e. The van der Waals surface area contributed by atoms with Gasteiger partial charge >= 0.3 is 17.6 Å². The number of aromatic carboxylic acids is 1. The molecule has 0 saturated heterocycles. The first-order valence-corrected chi connectivity index (χ1v) is 12.7. The van der Waals surface area contributed by atoms with E-state index in [0.29, 0.717) is 21.8 Å². The van der Waals surface area contributed by atoms with E-state index in [9.17, 15) is 14.7 Å². The fraction of sp³-hybridized carbons (Fsp3) is 0.708. The lowest BCUT2D eigenvalue weighted by atomic mass is 10.1. The second-order valence-corrected chi connectivity index (χ2v) is 9.35. The molecule has 2 heterocycles. The van der Waals surface area contributed by atoms with Crippen molar-refractivity contribution in [2.24, 2.45) is 0 Å². The Morgan fingerprint density at radius 2 is 1.45 bits per heavy atom. The summed E-state index contributed by atoms with van der Waals surface area (Å²) in [5.41, 5.74) is -0.0455. The van der Waals surface area contributed by atoms with E-state index in [-0.39, 0.29) is 4.88 Å². The molecule has 0 saturated carbocycles. The summed E-state index contributed by atoms with van der Waals surface area (Å²) in [6, 6.07) is 0.331. The number of hydrogen-bond donors (Lipinski definition) is 1. The molecule has 0 fully saturated rings. The third kappa shape index (κ3) is 7.63. The molecular formula is C24H38N2O4S. The summed E-state index contributed by atoms with van der Waals surface area (Å²) in [4.78, 5) is 31.4. The van der Waals surface area contributed by atoms with Gasteiger partial charge in [0.25, 0.3) is 0 Å². The molecule has 7 heteroatoms. The van der Waals surface area contributed by atoms with Crippen LogP contribution >= 0.6 is 11.3 Å². The van der Waals surface area contributed by atoms with Crippen molar-refractivity contribution in [3.8, 4) is 0 Å². The number of aryl methyl sites for hydroxylation is 1. The number of fused-ring (bicyclic) bond motifs is 1. The number of nitrogens with zero attached hydrogens (tertiary/aromatic N) is 2. The molecule has 174 valence electrons. The predicted octanol–water partition coefficient (Wildman–Crippen LogP) is 6.78. The molecule has 0 amide bonds. The largest absolute Gasteiger partial charge is 0.477 e. The van der Waals surface area contributed by atoms with Gasteiger partial charge in [-0.25, -0.2) is 9.59 Å². The van der Waals surface area contributed by atoms with E-state index >= 15 is 0 Å². The molecule has 31 heavy (non-hydrogen) atoms. The number of aromatic nitrogens is 1. The predicted molar refractivity (Wildman–Crippen MR) is 129 cm³/mol. The standard InChI is InChI=1S/C24H38N2O4S/c1-4-6-8-10-12-14-16-26(17-15-13-11-9-7-5-2)24-25-21-19(23(29)30-24)18(3)20(31-21)22(27)28/h4-17H2,1-3H3,(H,27,28). The summed E-state index contributed by atoms with van der Waals surface area (Å²) in [6.07, 6.45) is 14.4. The van der Waals surface area contributed by atoms with Gasteiger partial charge in [-0.1, -0.05) is 78.1 Å². The van der Waals surface area contributed by atoms with Crippen LogP contribution in [0.15, 0.2) is 9.21 Å². The number of carboxylic acid groups (broad SMARTS) is 1. The highest BCUT2D eigenvalue weighted by atomic mass is 32.1. The van der Waals surface area contributed by atoms with Crippen molar-refractivity contribution in [3.05, 3.63) is 20.9 Å². The third-order valence-corrected chi connectivity index (χ3v) is 6.92. The monoisotopic (exact) mass is 450 g/mol. The van der Waals surface area contributed by atoms with Crippen LogP contribution in [-0.2, 0) is 0 Å². The average molecular weight is 451 g/mol. The molecule has 2 aromatic rings. The fourth-order valence-corrected chi connectivity index (χ4v) is 4.87. The quantitative estimate of drug-likeness (QED) is 0.284. The van der Waals surface area contributed by atoms with Crippen LogP contribution in [-0.4, -0.2) is 29.1 Å². The van der Waals surface area contributed by atoms with Gasteiger partial charge in [0.1, 0.15) is 15.1 Å². The van der Waals surface area contributed by atoms with Crippen molar-refractivity contribution in [3.63, 3.8) is 0 Å². The topological polar surface area (TPSA) is 83.6 Å². The van der Waals surface area contributed by atoms with E-state index in [0.717, 1.165) is 50.1 Å². The zero-order valence-electron chi connectivity index (χ0n) is 19.4. The number of anilines is 1. The molecule has 0 aliphatic carbocycles. The molecule has 2 aromatic heterocycles. The van der Waals surface area contributed by atoms with Crippen LogP contribution in [0.25, 0.3) is 10.2 Å². The van der Waals surface area contributed by atoms with E-state index in [1.54, 1.807) is 6.92 Å². The summed E-state index contributed by atoms with van der Waals surface area (Å²) >= 11 is 1.06. The van der Waals surface area contributed by atoms with Crippen LogP contribution in [0.4, 0.5) is 6.01 Å². The number of carboxylic acids is 1. The Morgan fingerprint density at radius 3 is 1.97 bits per heavy atom. The zero-order chi connectivity index (χ0) is 22.6. The van der Waals surface area contributed by atoms with Crippen molar-refractivity contribution >= 4 is 33.5 Å². The van der Waals surface area contributed by atoms with Gasteiger partial charge in [-0.3, -0.25) is 0 Å². The van der Waals surface area contributed by atoms with Crippen molar-refractivity contribution in [2.75, 3.05) is 18.0 Å². The van der Waals surface area contributed by atoms with Crippen LogP contribution in [0.3, 0.4) is 0 Å². The van der Waals surface area contributed by atoms with E-state index in [4.69, 9.17) is 4.42 Å². The molecule has 0 aliphatic rings. The van der Waals surface area contributed by atoms with Crippen LogP contribution in [0.5, 0.6) is 0 Å². The zero-order valence-corrected chi connectivity index (χ0v) is 20.2. The second-order valence-electron chi connectivity index (χ2n) is 8.35. The van der Waals surface area contributed by atoms with Gasteiger partial charge in [0.05, 0.1) is 0 Å². The summed E-state index contributed by atoms with van der Waals surface area (Å²) in [7, 11) is 0. The number of rotatable bonds is 16. The molecular weight excluding hydrogens is 412 g/mol. The van der Waals surface area contributed by atoms with Gasteiger partial charge in [0.15, 0.2) is 0 Å². The van der Waals surface area contributed by atoms with Crippen LogP contribution in [0.1, 0.15) is 106 Å². The molecule has 0 spiro atoms. The van der Waals surface area contributed by atoms with Crippen LogP contribution in [0, 0.1) is 6.92 Å². The maximum absolute atomic E-state index is 12.6. The highest BCUT2D eigenvalue weighted by molar-refractivity contribution is 7.20. The summed E-state index contributed by atoms with van der Waals surface area (Å²) in [6.45, 7) is 7.69. The lowest BCUT2D eigenvalue weighted by Gasteiger charge is -2.21. The lowest BCUT2D eigenvalue weighted by Crippen LogP contribution is -2.27. The average Bonchev–Trinajstić information content (AvgIpc) is 3.08. The van der Waals surface area contributed by atoms with Gasteiger partial charge in [0.2, 0.25) is 0 Å². The van der Waals surface area contributed by atoms with Crippen molar-refractivity contribution in [1.82, 2.24) is 4.98 Å². The Balaban J connectivity index is 2.11. The third-order valence-electron chi connectivity index (χ3n) is 5.74. The number of thiophene rings is 1. The first kappa shape index (κ1) is 25.4. The summed E-state index contributed by atoms with van der Waals surface area (Å²) in [5, 5.41) is 9.68. The Kier molecular flexibility index (Phi) is 11.1. The molecule has 1 N–H and O–H groups in total. The Hall–Kier alpha value is -1.89. The van der Waals surface area contributed by atoms with Crippen LogP contribution < -0.4 is 10.5 Å². The highest BCUT2D eigenvalue weighted by Crippen LogP contribution is 2.29. The van der Waals surface area contributed by atoms with Crippen molar-refractivity contribution in [1.29, 1.82) is 0 Å². The lowest BCUT2D eigenvalue weighted by molar-refractivity contribution is 0.0701. The number of carbonyl (C=O) groups is 1.